The molecule has 0 N–H and O–H groups in total. The Balaban J connectivity index is 2.92. The van der Waals surface area contributed by atoms with Gasteiger partial charge in [-0.05, 0) is 43.1 Å². The lowest BCUT2D eigenvalue weighted by molar-refractivity contribution is 0.0418. The van der Waals surface area contributed by atoms with Crippen LogP contribution in [0.4, 0.5) is 0 Å². The maximum atomic E-state index is 2.43. The molecule has 0 aromatic carbocycles. The van der Waals surface area contributed by atoms with Gasteiger partial charge in [-0.3, -0.25) is 0 Å². The van der Waals surface area contributed by atoms with Crippen LogP contribution in [0.1, 0.15) is 54.4 Å². The molecule has 1 aliphatic rings. The van der Waals surface area contributed by atoms with Crippen molar-refractivity contribution in [2.45, 2.75) is 59.9 Å². The lowest BCUT2D eigenvalue weighted by Gasteiger charge is -2.52. The van der Waals surface area contributed by atoms with Crippen molar-refractivity contribution >= 4 is 11.9 Å². The van der Waals surface area contributed by atoms with Gasteiger partial charge < -0.3 is 0 Å². The second-order valence-corrected chi connectivity index (χ2v) is 8.10. The highest BCUT2D eigenvalue weighted by Gasteiger charge is 2.46. The van der Waals surface area contributed by atoms with Gasteiger partial charge >= 0.3 is 0 Å². The molecule has 0 amide bonds. The van der Waals surface area contributed by atoms with Crippen LogP contribution in [0.5, 0.6) is 0 Å². The largest absolute Gasteiger partial charge is 0.243 e. The zero-order valence-corrected chi connectivity index (χ0v) is 12.7. The van der Waals surface area contributed by atoms with E-state index in [9.17, 15) is 0 Å². The zero-order valence-electron chi connectivity index (χ0n) is 11.9. The van der Waals surface area contributed by atoms with Gasteiger partial charge in [-0.2, -0.15) is 0 Å². The van der Waals surface area contributed by atoms with Gasteiger partial charge in [0.1, 0.15) is 0 Å². The summed E-state index contributed by atoms with van der Waals surface area (Å²) in [6.45, 7) is 14.2. The van der Waals surface area contributed by atoms with Crippen molar-refractivity contribution in [3.05, 3.63) is 11.5 Å². The summed E-state index contributed by atoms with van der Waals surface area (Å²) in [5, 5.41) is 2.20. The summed E-state index contributed by atoms with van der Waals surface area (Å²) in [5.74, 6) is 0. The van der Waals surface area contributed by atoms with Gasteiger partial charge in [-0.15, -0.1) is 0 Å². The molecule has 1 unspecified atom stereocenters. The molecule has 0 saturated heterocycles. The summed E-state index contributed by atoms with van der Waals surface area (Å²) in [4.78, 5) is 0. The minimum atomic E-state index is 0.250. The van der Waals surface area contributed by atoms with Crippen LogP contribution >= 0.6 is 11.9 Å². The van der Waals surface area contributed by atoms with Gasteiger partial charge in [0.2, 0.25) is 0 Å². The van der Waals surface area contributed by atoms with Crippen LogP contribution in [0.2, 0.25) is 0 Å². The van der Waals surface area contributed by atoms with E-state index in [0.29, 0.717) is 10.8 Å². The van der Waals surface area contributed by atoms with Gasteiger partial charge in [0, 0.05) is 5.54 Å². The van der Waals surface area contributed by atoms with Gasteiger partial charge in [0.15, 0.2) is 0 Å². The molecule has 94 valence electrons. The number of hydrogen-bond donors (Lipinski definition) is 0. The van der Waals surface area contributed by atoms with E-state index in [1.807, 2.05) is 11.9 Å². The highest BCUT2D eigenvalue weighted by Crippen LogP contribution is 2.49. The molecule has 0 spiro atoms. The Bertz CT molecular complexity index is 275. The molecule has 0 aromatic rings. The molecule has 1 heterocycles. The number of rotatable bonds is 2. The lowest BCUT2D eigenvalue weighted by atomic mass is 9.64. The van der Waals surface area contributed by atoms with Crippen LogP contribution < -0.4 is 0 Å². The summed E-state index contributed by atoms with van der Waals surface area (Å²) >= 11 is 1.83. The first-order valence-electron chi connectivity index (χ1n) is 6.14. The Hall–Kier alpha value is 0.0500. The van der Waals surface area contributed by atoms with Gasteiger partial charge in [0.25, 0.3) is 0 Å². The third-order valence-corrected chi connectivity index (χ3v) is 4.99. The van der Waals surface area contributed by atoms with Crippen LogP contribution in [0.3, 0.4) is 0 Å². The molecule has 16 heavy (non-hydrogen) atoms. The minimum absolute atomic E-state index is 0.250. The summed E-state index contributed by atoms with van der Waals surface area (Å²) in [6.07, 6.45) is 4.71. The summed E-state index contributed by atoms with van der Waals surface area (Å²) in [6, 6.07) is 0. The van der Waals surface area contributed by atoms with E-state index >= 15 is 0 Å². The molecular weight excluding hydrogens is 214 g/mol. The molecule has 1 nitrogen and oxygen atoms in total. The third kappa shape index (κ3) is 2.84. The fraction of sp³-hybridized carbons (Fsp3) is 0.857. The molecule has 0 aromatic heterocycles. The van der Waals surface area contributed by atoms with Crippen molar-refractivity contribution in [3.63, 3.8) is 0 Å². The van der Waals surface area contributed by atoms with Crippen molar-refractivity contribution < 1.29 is 0 Å². The fourth-order valence-electron chi connectivity index (χ4n) is 2.88. The lowest BCUT2D eigenvalue weighted by Crippen LogP contribution is -2.53. The van der Waals surface area contributed by atoms with Crippen molar-refractivity contribution in [3.8, 4) is 0 Å². The highest BCUT2D eigenvalue weighted by molar-refractivity contribution is 7.99. The van der Waals surface area contributed by atoms with Crippen LogP contribution in [-0.4, -0.2) is 16.9 Å². The number of nitrogens with zero attached hydrogens (tertiary/aromatic N) is 1. The molecule has 1 aliphatic heterocycles. The second kappa shape index (κ2) is 4.38. The van der Waals surface area contributed by atoms with Crippen LogP contribution in [0, 0.1) is 10.8 Å². The topological polar surface area (TPSA) is 3.24 Å². The first kappa shape index (κ1) is 14.1. The van der Waals surface area contributed by atoms with Gasteiger partial charge in [-0.25, -0.2) is 4.31 Å². The fourth-order valence-corrected chi connectivity index (χ4v) is 3.79. The van der Waals surface area contributed by atoms with E-state index in [4.69, 9.17) is 0 Å². The first-order valence-corrected chi connectivity index (χ1v) is 6.98. The van der Waals surface area contributed by atoms with Crippen LogP contribution in [0.25, 0.3) is 0 Å². The molecule has 0 radical (unpaired) electrons. The number of hydrogen-bond acceptors (Lipinski definition) is 2. The monoisotopic (exact) mass is 241 g/mol. The molecule has 0 aliphatic carbocycles. The van der Waals surface area contributed by atoms with Crippen LogP contribution in [-0.2, 0) is 0 Å². The van der Waals surface area contributed by atoms with E-state index in [-0.39, 0.29) is 5.54 Å². The normalized spacial score (nSPS) is 28.4. The molecule has 1 rings (SSSR count). The second-order valence-electron chi connectivity index (χ2n) is 7.07. The first-order chi connectivity index (χ1) is 7.08. The van der Waals surface area contributed by atoms with E-state index < -0.39 is 0 Å². The third-order valence-electron chi connectivity index (χ3n) is 3.96. The molecule has 0 bridgehead atoms. The molecule has 1 atom stereocenters. The van der Waals surface area contributed by atoms with Crippen molar-refractivity contribution in [2.75, 3.05) is 7.05 Å². The van der Waals surface area contributed by atoms with E-state index in [1.54, 1.807) is 0 Å². The quantitative estimate of drug-likeness (QED) is 0.644. The van der Waals surface area contributed by atoms with E-state index in [0.717, 1.165) is 6.42 Å². The van der Waals surface area contributed by atoms with Gasteiger partial charge in [-0.1, -0.05) is 52.6 Å². The van der Waals surface area contributed by atoms with Crippen LogP contribution in [0.15, 0.2) is 11.5 Å². The van der Waals surface area contributed by atoms with Gasteiger partial charge in [0.05, 0.1) is 0 Å². The standard InChI is InChI=1S/C14H27NS/c1-12(2,3)11-13(4,5)14(6)9-8-10-16-15(14)7/h8,10H,9,11H2,1-7H3. The smallest absolute Gasteiger partial charge is 0.0371 e. The zero-order chi connectivity index (χ0) is 12.6. The Morgan fingerprint density at radius 1 is 1.25 bits per heavy atom. The van der Waals surface area contributed by atoms with Crippen molar-refractivity contribution in [2.24, 2.45) is 10.8 Å². The Kier molecular flexibility index (Phi) is 3.86. The Morgan fingerprint density at radius 2 is 1.81 bits per heavy atom. The van der Waals surface area contributed by atoms with Crippen molar-refractivity contribution in [1.82, 2.24) is 4.31 Å². The SMILES string of the molecule is CN1SC=CCC1(C)C(C)(C)CC(C)(C)C. The highest BCUT2D eigenvalue weighted by atomic mass is 32.2. The predicted octanol–water partition coefficient (Wildman–Crippen LogP) is 4.70. The van der Waals surface area contributed by atoms with Crippen molar-refractivity contribution in [1.29, 1.82) is 0 Å². The summed E-state index contributed by atoms with van der Waals surface area (Å²) < 4.78 is 2.43. The average Bonchev–Trinajstić information content (AvgIpc) is 2.05. The molecular formula is C14H27NS. The van der Waals surface area contributed by atoms with E-state index in [1.165, 1.54) is 6.42 Å². The maximum absolute atomic E-state index is 2.43. The predicted molar refractivity (Wildman–Crippen MR) is 75.4 cm³/mol. The summed E-state index contributed by atoms with van der Waals surface area (Å²) in [7, 11) is 2.22. The average molecular weight is 241 g/mol. The molecule has 0 saturated carbocycles. The minimum Gasteiger partial charge on any atom is -0.243 e. The Morgan fingerprint density at radius 3 is 2.25 bits per heavy atom. The van der Waals surface area contributed by atoms with E-state index in [2.05, 4.69) is 64.4 Å². The molecule has 2 heteroatoms. The summed E-state index contributed by atoms with van der Waals surface area (Å²) in [5.41, 5.74) is 0.955. The Labute approximate surface area is 106 Å². The maximum Gasteiger partial charge on any atom is 0.0371 e. The molecule has 0 fully saturated rings.